The lowest BCUT2D eigenvalue weighted by atomic mass is 10.1. The summed E-state index contributed by atoms with van der Waals surface area (Å²) in [6.07, 6.45) is 0.991. The smallest absolute Gasteiger partial charge is 0.258 e. The number of H-pyrrole nitrogens is 1. The first kappa shape index (κ1) is 20.8. The predicted molar refractivity (Wildman–Crippen MR) is 124 cm³/mol. The van der Waals surface area contributed by atoms with Gasteiger partial charge in [0.1, 0.15) is 5.82 Å². The number of benzene rings is 3. The summed E-state index contributed by atoms with van der Waals surface area (Å²) in [5.41, 5.74) is 2.41. The first-order valence-electron chi connectivity index (χ1n) is 10.8. The van der Waals surface area contributed by atoms with E-state index < -0.39 is 0 Å². The van der Waals surface area contributed by atoms with Crippen LogP contribution >= 0.6 is 0 Å². The molecule has 33 heavy (non-hydrogen) atoms. The Hall–Kier alpha value is -4.13. The Morgan fingerprint density at radius 2 is 1.70 bits per heavy atom. The molecule has 0 saturated heterocycles. The topological polar surface area (TPSA) is 84.5 Å². The zero-order chi connectivity index (χ0) is 22.6. The number of carbonyl (C=O) groups excluding carboxylic acids is 1. The van der Waals surface area contributed by atoms with E-state index in [9.17, 15) is 9.59 Å². The molecular formula is C26H23N3O4. The Morgan fingerprint density at radius 3 is 2.58 bits per heavy atom. The standard InChI is InChI=1S/C26H23N3O4/c30-25(13-11-18-6-2-1-3-7-18)29(15-19-10-12-22-23(14-19)33-17-32-22)16-24-27-21-9-5-4-8-20(21)26(31)28-24/h1-10,12,14H,11,13,15-17H2,(H,27,28,31). The van der Waals surface area contributed by atoms with Crippen LogP contribution in [-0.2, 0) is 24.3 Å². The molecule has 2 heterocycles. The summed E-state index contributed by atoms with van der Waals surface area (Å²) in [4.78, 5) is 34.9. The fraction of sp³-hybridized carbons (Fsp3) is 0.192. The second-order valence-electron chi connectivity index (χ2n) is 7.95. The molecular weight excluding hydrogens is 418 g/mol. The van der Waals surface area contributed by atoms with Crippen LogP contribution in [0.2, 0.25) is 0 Å². The van der Waals surface area contributed by atoms with Gasteiger partial charge in [-0.1, -0.05) is 48.5 Å². The average molecular weight is 441 g/mol. The van der Waals surface area contributed by atoms with Crippen molar-refractivity contribution in [1.29, 1.82) is 0 Å². The van der Waals surface area contributed by atoms with Crippen molar-refractivity contribution in [2.24, 2.45) is 0 Å². The molecule has 0 aliphatic carbocycles. The third-order valence-corrected chi connectivity index (χ3v) is 5.64. The maximum Gasteiger partial charge on any atom is 0.258 e. The Morgan fingerprint density at radius 1 is 0.909 bits per heavy atom. The number of carbonyl (C=O) groups is 1. The van der Waals surface area contributed by atoms with Crippen molar-refractivity contribution in [2.45, 2.75) is 25.9 Å². The normalized spacial score (nSPS) is 12.1. The van der Waals surface area contributed by atoms with E-state index in [-0.39, 0.29) is 24.8 Å². The van der Waals surface area contributed by atoms with Crippen LogP contribution in [0.15, 0.2) is 77.6 Å². The second kappa shape index (κ2) is 9.16. The van der Waals surface area contributed by atoms with Crippen LogP contribution in [0, 0.1) is 0 Å². The van der Waals surface area contributed by atoms with Gasteiger partial charge in [0.05, 0.1) is 17.4 Å². The predicted octanol–water partition coefficient (Wildman–Crippen LogP) is 3.81. The van der Waals surface area contributed by atoms with Gasteiger partial charge in [-0.05, 0) is 41.8 Å². The minimum atomic E-state index is -0.213. The van der Waals surface area contributed by atoms with Crippen molar-refractivity contribution in [3.05, 3.63) is 100 Å². The number of nitrogens with one attached hydrogen (secondary N) is 1. The van der Waals surface area contributed by atoms with Crippen molar-refractivity contribution in [2.75, 3.05) is 6.79 Å². The first-order chi connectivity index (χ1) is 16.2. The number of hydrogen-bond acceptors (Lipinski definition) is 5. The highest BCUT2D eigenvalue weighted by molar-refractivity contribution is 5.78. The summed E-state index contributed by atoms with van der Waals surface area (Å²) < 4.78 is 10.9. The Balaban J connectivity index is 1.40. The molecule has 4 aromatic rings. The van der Waals surface area contributed by atoms with E-state index >= 15 is 0 Å². The molecule has 1 aliphatic heterocycles. The quantitative estimate of drug-likeness (QED) is 0.471. The van der Waals surface area contributed by atoms with E-state index in [1.165, 1.54) is 0 Å². The lowest BCUT2D eigenvalue weighted by molar-refractivity contribution is -0.132. The number of aromatic nitrogens is 2. The number of aryl methyl sites for hydroxylation is 1. The molecule has 0 saturated carbocycles. The Kier molecular flexibility index (Phi) is 5.76. The highest BCUT2D eigenvalue weighted by Crippen LogP contribution is 2.33. The van der Waals surface area contributed by atoms with Gasteiger partial charge in [-0.25, -0.2) is 4.98 Å². The summed E-state index contributed by atoms with van der Waals surface area (Å²) in [6.45, 7) is 0.754. The van der Waals surface area contributed by atoms with Crippen molar-refractivity contribution >= 4 is 16.8 Å². The fourth-order valence-electron chi connectivity index (χ4n) is 3.94. The van der Waals surface area contributed by atoms with Crippen LogP contribution < -0.4 is 15.0 Å². The minimum Gasteiger partial charge on any atom is -0.454 e. The van der Waals surface area contributed by atoms with Gasteiger partial charge in [0.15, 0.2) is 11.5 Å². The molecule has 0 radical (unpaired) electrons. The largest absolute Gasteiger partial charge is 0.454 e. The summed E-state index contributed by atoms with van der Waals surface area (Å²) in [5.74, 6) is 1.79. The van der Waals surface area contributed by atoms with Crippen molar-refractivity contribution in [3.8, 4) is 11.5 Å². The zero-order valence-corrected chi connectivity index (χ0v) is 18.0. The number of ether oxygens (including phenoxy) is 2. The highest BCUT2D eigenvalue weighted by atomic mass is 16.7. The van der Waals surface area contributed by atoms with Gasteiger partial charge in [-0.3, -0.25) is 9.59 Å². The van der Waals surface area contributed by atoms with Gasteiger partial charge in [0.2, 0.25) is 12.7 Å². The molecule has 0 atom stereocenters. The maximum absolute atomic E-state index is 13.3. The monoisotopic (exact) mass is 441 g/mol. The number of nitrogens with zero attached hydrogens (tertiary/aromatic N) is 2. The molecule has 1 aliphatic rings. The zero-order valence-electron chi connectivity index (χ0n) is 18.0. The molecule has 0 spiro atoms. The maximum atomic E-state index is 13.3. The molecule has 3 aromatic carbocycles. The molecule has 5 rings (SSSR count). The van der Waals surface area contributed by atoms with Gasteiger partial charge < -0.3 is 19.4 Å². The minimum absolute atomic E-state index is 0.0210. The summed E-state index contributed by atoms with van der Waals surface area (Å²) in [6, 6.07) is 22.7. The van der Waals surface area contributed by atoms with E-state index in [4.69, 9.17) is 9.47 Å². The van der Waals surface area contributed by atoms with Crippen molar-refractivity contribution < 1.29 is 14.3 Å². The van der Waals surface area contributed by atoms with Gasteiger partial charge in [0.25, 0.3) is 5.56 Å². The first-order valence-corrected chi connectivity index (χ1v) is 10.8. The van der Waals surface area contributed by atoms with Crippen LogP contribution in [0.5, 0.6) is 11.5 Å². The third-order valence-electron chi connectivity index (χ3n) is 5.64. The van der Waals surface area contributed by atoms with Gasteiger partial charge >= 0.3 is 0 Å². The molecule has 166 valence electrons. The van der Waals surface area contributed by atoms with Crippen LogP contribution in [0.25, 0.3) is 10.9 Å². The van der Waals surface area contributed by atoms with E-state index in [2.05, 4.69) is 9.97 Å². The van der Waals surface area contributed by atoms with E-state index in [0.717, 1.165) is 11.1 Å². The second-order valence-corrected chi connectivity index (χ2v) is 7.95. The van der Waals surface area contributed by atoms with Crippen molar-refractivity contribution in [3.63, 3.8) is 0 Å². The van der Waals surface area contributed by atoms with Crippen molar-refractivity contribution in [1.82, 2.24) is 14.9 Å². The van der Waals surface area contributed by atoms with E-state index in [1.807, 2.05) is 54.6 Å². The number of rotatable bonds is 7. The molecule has 1 N–H and O–H groups in total. The van der Waals surface area contributed by atoms with Crippen LogP contribution in [0.3, 0.4) is 0 Å². The molecule has 7 nitrogen and oxygen atoms in total. The van der Waals surface area contributed by atoms with Crippen LogP contribution in [0.4, 0.5) is 0 Å². The number of fused-ring (bicyclic) bond motifs is 2. The Bertz CT molecular complexity index is 1350. The summed E-state index contributed by atoms with van der Waals surface area (Å²) >= 11 is 0. The average Bonchev–Trinajstić information content (AvgIpc) is 3.31. The highest BCUT2D eigenvalue weighted by Gasteiger charge is 2.19. The molecule has 1 aromatic heterocycles. The number of para-hydroxylation sites is 1. The third kappa shape index (κ3) is 4.72. The summed E-state index contributed by atoms with van der Waals surface area (Å²) in [7, 11) is 0. The molecule has 1 amide bonds. The molecule has 7 heteroatoms. The summed E-state index contributed by atoms with van der Waals surface area (Å²) in [5, 5.41) is 0.527. The SMILES string of the molecule is O=C(CCc1ccccc1)N(Cc1ccc2c(c1)OCO2)Cc1nc2ccccc2c(=O)[nH]1. The van der Waals surface area contributed by atoms with E-state index in [1.54, 1.807) is 23.1 Å². The lowest BCUT2D eigenvalue weighted by Crippen LogP contribution is -2.32. The van der Waals surface area contributed by atoms with Gasteiger partial charge in [-0.15, -0.1) is 0 Å². The molecule has 0 unspecified atom stereocenters. The van der Waals surface area contributed by atoms with Gasteiger partial charge in [-0.2, -0.15) is 0 Å². The van der Waals surface area contributed by atoms with E-state index in [0.29, 0.717) is 47.6 Å². The number of amides is 1. The lowest BCUT2D eigenvalue weighted by Gasteiger charge is -2.23. The fourth-order valence-corrected chi connectivity index (χ4v) is 3.94. The van der Waals surface area contributed by atoms with Crippen LogP contribution in [-0.4, -0.2) is 27.6 Å². The number of aromatic amines is 1. The Labute approximate surface area is 190 Å². The van der Waals surface area contributed by atoms with Crippen LogP contribution in [0.1, 0.15) is 23.4 Å². The van der Waals surface area contributed by atoms with Gasteiger partial charge in [0, 0.05) is 13.0 Å². The number of hydrogen-bond donors (Lipinski definition) is 1. The molecule has 0 bridgehead atoms. The molecule has 0 fully saturated rings.